The summed E-state index contributed by atoms with van der Waals surface area (Å²) in [4.78, 5) is 23.9. The highest BCUT2D eigenvalue weighted by Gasteiger charge is 2.33. The molecule has 1 aromatic heterocycles. The lowest BCUT2D eigenvalue weighted by Gasteiger charge is -2.20. The Kier molecular flexibility index (Phi) is 3.86. The van der Waals surface area contributed by atoms with Crippen molar-refractivity contribution in [2.75, 3.05) is 13.1 Å². The molecule has 0 unspecified atom stereocenters. The molecule has 0 saturated heterocycles. The standard InChI is InChI=1S/C12H16N2O4/c15-11(16)8-14(9-3-4-9)12(17)13-6-5-10-2-1-7-18-10/h1-2,7,9H,3-6,8H2,(H,13,17)(H,15,16). The molecule has 18 heavy (non-hydrogen) atoms. The summed E-state index contributed by atoms with van der Waals surface area (Å²) < 4.78 is 5.14. The molecule has 1 fully saturated rings. The smallest absolute Gasteiger partial charge is 0.323 e. The van der Waals surface area contributed by atoms with Gasteiger partial charge in [-0.1, -0.05) is 0 Å². The largest absolute Gasteiger partial charge is 0.480 e. The van der Waals surface area contributed by atoms with Crippen LogP contribution in [-0.2, 0) is 11.2 Å². The highest BCUT2D eigenvalue weighted by atomic mass is 16.4. The lowest BCUT2D eigenvalue weighted by atomic mass is 10.3. The van der Waals surface area contributed by atoms with Gasteiger partial charge in [0.15, 0.2) is 0 Å². The molecule has 1 saturated carbocycles. The average Bonchev–Trinajstić information content (AvgIpc) is 3.03. The van der Waals surface area contributed by atoms with Crippen molar-refractivity contribution < 1.29 is 19.1 Å². The van der Waals surface area contributed by atoms with Crippen LogP contribution >= 0.6 is 0 Å². The van der Waals surface area contributed by atoms with Crippen molar-refractivity contribution >= 4 is 12.0 Å². The van der Waals surface area contributed by atoms with Gasteiger partial charge in [0.2, 0.25) is 0 Å². The van der Waals surface area contributed by atoms with E-state index >= 15 is 0 Å². The number of furan rings is 1. The fourth-order valence-corrected chi connectivity index (χ4v) is 1.75. The number of amides is 2. The van der Waals surface area contributed by atoms with E-state index in [0.717, 1.165) is 18.6 Å². The number of aliphatic carboxylic acids is 1. The molecule has 0 aromatic carbocycles. The molecule has 0 radical (unpaired) electrons. The number of hydrogen-bond acceptors (Lipinski definition) is 3. The van der Waals surface area contributed by atoms with Gasteiger partial charge in [-0.2, -0.15) is 0 Å². The molecule has 2 amide bonds. The van der Waals surface area contributed by atoms with Gasteiger partial charge in [0.1, 0.15) is 12.3 Å². The fourth-order valence-electron chi connectivity index (χ4n) is 1.75. The summed E-state index contributed by atoms with van der Waals surface area (Å²) in [6.07, 6.45) is 3.96. The zero-order chi connectivity index (χ0) is 13.0. The summed E-state index contributed by atoms with van der Waals surface area (Å²) in [5, 5.41) is 11.5. The molecular weight excluding hydrogens is 236 g/mol. The van der Waals surface area contributed by atoms with Gasteiger partial charge in [-0.3, -0.25) is 4.79 Å². The molecule has 6 heteroatoms. The predicted molar refractivity (Wildman–Crippen MR) is 63.2 cm³/mol. The van der Waals surface area contributed by atoms with E-state index < -0.39 is 5.97 Å². The molecular formula is C12H16N2O4. The number of carboxylic acids is 1. The van der Waals surface area contributed by atoms with Crippen molar-refractivity contribution in [3.63, 3.8) is 0 Å². The first kappa shape index (κ1) is 12.5. The maximum Gasteiger partial charge on any atom is 0.323 e. The van der Waals surface area contributed by atoms with Crippen LogP contribution in [0.15, 0.2) is 22.8 Å². The number of carboxylic acid groups (broad SMARTS) is 1. The SMILES string of the molecule is O=C(O)CN(C(=O)NCCc1ccco1)C1CC1. The summed E-state index contributed by atoms with van der Waals surface area (Å²) >= 11 is 0. The summed E-state index contributed by atoms with van der Waals surface area (Å²) in [7, 11) is 0. The monoisotopic (exact) mass is 252 g/mol. The van der Waals surface area contributed by atoms with Crippen molar-refractivity contribution in [1.29, 1.82) is 0 Å². The summed E-state index contributed by atoms with van der Waals surface area (Å²) in [5.41, 5.74) is 0. The Labute approximate surface area is 105 Å². The first-order valence-corrected chi connectivity index (χ1v) is 5.95. The third kappa shape index (κ3) is 3.51. The van der Waals surface area contributed by atoms with Crippen LogP contribution in [0.1, 0.15) is 18.6 Å². The van der Waals surface area contributed by atoms with Gasteiger partial charge in [0.05, 0.1) is 6.26 Å². The van der Waals surface area contributed by atoms with Crippen molar-refractivity contribution in [2.45, 2.75) is 25.3 Å². The van der Waals surface area contributed by atoms with Crippen LogP contribution in [0, 0.1) is 0 Å². The molecule has 0 bridgehead atoms. The molecule has 1 aliphatic rings. The number of nitrogens with zero attached hydrogens (tertiary/aromatic N) is 1. The fraction of sp³-hybridized carbons (Fsp3) is 0.500. The summed E-state index contributed by atoms with van der Waals surface area (Å²) in [6.45, 7) is 0.201. The molecule has 2 N–H and O–H groups in total. The van der Waals surface area contributed by atoms with Gasteiger partial charge in [-0.25, -0.2) is 4.79 Å². The second kappa shape index (κ2) is 5.57. The number of hydrogen-bond donors (Lipinski definition) is 2. The highest BCUT2D eigenvalue weighted by molar-refractivity contribution is 5.80. The van der Waals surface area contributed by atoms with Crippen LogP contribution in [0.25, 0.3) is 0 Å². The number of carbonyl (C=O) groups excluding carboxylic acids is 1. The van der Waals surface area contributed by atoms with Gasteiger partial charge in [-0.05, 0) is 25.0 Å². The third-order valence-corrected chi connectivity index (χ3v) is 2.78. The Morgan fingerprint density at radius 2 is 2.28 bits per heavy atom. The van der Waals surface area contributed by atoms with E-state index in [0.29, 0.717) is 13.0 Å². The maximum atomic E-state index is 11.8. The van der Waals surface area contributed by atoms with Gasteiger partial charge in [0.25, 0.3) is 0 Å². The first-order chi connectivity index (χ1) is 8.66. The zero-order valence-electron chi connectivity index (χ0n) is 9.96. The summed E-state index contributed by atoms with van der Waals surface area (Å²) in [5.74, 6) is -0.186. The van der Waals surface area contributed by atoms with Crippen LogP contribution in [0.2, 0.25) is 0 Å². The minimum absolute atomic E-state index is 0.0877. The van der Waals surface area contributed by atoms with Gasteiger partial charge < -0.3 is 19.7 Å². The van der Waals surface area contributed by atoms with Crippen molar-refractivity contribution in [3.8, 4) is 0 Å². The molecule has 1 aliphatic carbocycles. The van der Waals surface area contributed by atoms with E-state index in [4.69, 9.17) is 9.52 Å². The maximum absolute atomic E-state index is 11.8. The first-order valence-electron chi connectivity index (χ1n) is 5.95. The average molecular weight is 252 g/mol. The van der Waals surface area contributed by atoms with Crippen LogP contribution in [-0.4, -0.2) is 41.1 Å². The van der Waals surface area contributed by atoms with E-state index in [1.165, 1.54) is 4.90 Å². The van der Waals surface area contributed by atoms with Crippen molar-refractivity contribution in [3.05, 3.63) is 24.2 Å². The number of urea groups is 1. The van der Waals surface area contributed by atoms with Crippen molar-refractivity contribution in [1.82, 2.24) is 10.2 Å². The van der Waals surface area contributed by atoms with Gasteiger partial charge in [0, 0.05) is 19.0 Å². The molecule has 2 rings (SSSR count). The quantitative estimate of drug-likeness (QED) is 0.793. The Bertz CT molecular complexity index is 412. The minimum Gasteiger partial charge on any atom is -0.480 e. The lowest BCUT2D eigenvalue weighted by Crippen LogP contribution is -2.44. The molecule has 98 valence electrons. The van der Waals surface area contributed by atoms with Crippen molar-refractivity contribution in [2.24, 2.45) is 0 Å². The number of carbonyl (C=O) groups is 2. The second-order valence-corrected chi connectivity index (χ2v) is 4.31. The molecule has 0 atom stereocenters. The van der Waals surface area contributed by atoms with E-state index in [9.17, 15) is 9.59 Å². The van der Waals surface area contributed by atoms with Gasteiger partial charge in [-0.15, -0.1) is 0 Å². The zero-order valence-corrected chi connectivity index (χ0v) is 9.96. The van der Waals surface area contributed by atoms with Gasteiger partial charge >= 0.3 is 12.0 Å². The van der Waals surface area contributed by atoms with E-state index in [1.54, 1.807) is 12.3 Å². The number of nitrogens with one attached hydrogen (secondary N) is 1. The van der Waals surface area contributed by atoms with Crippen LogP contribution < -0.4 is 5.32 Å². The Morgan fingerprint density at radius 1 is 1.50 bits per heavy atom. The second-order valence-electron chi connectivity index (χ2n) is 4.31. The summed E-state index contributed by atoms with van der Waals surface area (Å²) in [6, 6.07) is 3.40. The Hall–Kier alpha value is -1.98. The lowest BCUT2D eigenvalue weighted by molar-refractivity contribution is -0.137. The van der Waals surface area contributed by atoms with E-state index in [1.807, 2.05) is 6.07 Å². The molecule has 1 heterocycles. The highest BCUT2D eigenvalue weighted by Crippen LogP contribution is 2.26. The van der Waals surface area contributed by atoms with Crippen LogP contribution in [0.4, 0.5) is 4.79 Å². The van der Waals surface area contributed by atoms with Crippen LogP contribution in [0.5, 0.6) is 0 Å². The topological polar surface area (TPSA) is 82.8 Å². The molecule has 0 aliphatic heterocycles. The molecule has 6 nitrogen and oxygen atoms in total. The molecule has 1 aromatic rings. The Balaban J connectivity index is 1.76. The third-order valence-electron chi connectivity index (χ3n) is 2.78. The van der Waals surface area contributed by atoms with Crippen LogP contribution in [0.3, 0.4) is 0 Å². The number of rotatable bonds is 6. The minimum atomic E-state index is -0.983. The Morgan fingerprint density at radius 3 is 2.83 bits per heavy atom. The van der Waals surface area contributed by atoms with E-state index in [-0.39, 0.29) is 18.6 Å². The molecule has 0 spiro atoms. The predicted octanol–water partition coefficient (Wildman–Crippen LogP) is 1.08. The normalized spacial score (nSPS) is 14.2. The van der Waals surface area contributed by atoms with E-state index in [2.05, 4.69) is 5.32 Å².